The number of fused-ring (bicyclic) bond motifs is 1. The van der Waals surface area contributed by atoms with Crippen molar-refractivity contribution in [2.45, 2.75) is 62.0 Å². The van der Waals surface area contributed by atoms with E-state index < -0.39 is 52.3 Å². The van der Waals surface area contributed by atoms with E-state index in [4.69, 9.17) is 23.2 Å². The Bertz CT molecular complexity index is 2460. The van der Waals surface area contributed by atoms with Crippen molar-refractivity contribution in [3.05, 3.63) is 128 Å². The van der Waals surface area contributed by atoms with E-state index in [1.165, 1.54) is 52.6 Å². The lowest BCUT2D eigenvalue weighted by Gasteiger charge is -2.27. The number of pyridine rings is 2. The lowest BCUT2D eigenvalue weighted by Crippen LogP contribution is -2.52. The Balaban J connectivity index is 1.07. The van der Waals surface area contributed by atoms with Crippen molar-refractivity contribution in [1.82, 2.24) is 29.7 Å². The molecule has 0 radical (unpaired) electrons. The molecule has 2 N–H and O–H groups in total. The van der Waals surface area contributed by atoms with Crippen molar-refractivity contribution in [1.29, 1.82) is 0 Å². The summed E-state index contributed by atoms with van der Waals surface area (Å²) in [5, 5.41) is 5.17. The lowest BCUT2D eigenvalue weighted by atomic mass is 9.91. The van der Waals surface area contributed by atoms with E-state index in [2.05, 4.69) is 25.3 Å². The van der Waals surface area contributed by atoms with E-state index in [1.807, 2.05) is 0 Å². The highest BCUT2D eigenvalue weighted by atomic mass is 35.5. The van der Waals surface area contributed by atoms with Crippen LogP contribution in [0, 0.1) is 5.82 Å². The normalized spacial score (nSPS) is 19.0. The average molecular weight is 811 g/mol. The molecule has 2 aromatic carbocycles. The highest BCUT2D eigenvalue weighted by molar-refractivity contribution is 6.35. The standard InChI is InChI=1S/C38H29Cl2F4N7O5/c1-35(18-21-5-8-24(9-6-21)56-38(42,43)44)33(55)50(23-16-25(39)30(41)26(40)17-23)34-46-20-27(51(34)35)31(53)47-37(13-14-37)32(54)48-36(11-12-36)28-10-7-22(19-45-28)49-15-3-2-4-29(49)52/h2-10,15-17,19-20H,11-14,18H2,1H3,(H,47,53)(H,48,54)/t35-/m1/s1. The topological polar surface area (TPSA) is 140 Å². The maximum absolute atomic E-state index is 14.4. The van der Waals surface area contributed by atoms with Crippen LogP contribution in [0.15, 0.2) is 90.1 Å². The fourth-order valence-electron chi connectivity index (χ4n) is 7.01. The molecular formula is C38H29Cl2F4N7O5. The molecular weight excluding hydrogens is 781 g/mol. The van der Waals surface area contributed by atoms with E-state index >= 15 is 0 Å². The Labute approximate surface area is 325 Å². The first-order valence-corrected chi connectivity index (χ1v) is 18.0. The van der Waals surface area contributed by atoms with Crippen LogP contribution in [0.3, 0.4) is 0 Å². The first-order chi connectivity index (χ1) is 26.5. The third-order valence-corrected chi connectivity index (χ3v) is 10.8. The number of hydrogen-bond donors (Lipinski definition) is 2. The molecule has 2 fully saturated rings. The number of halogens is 6. The highest BCUT2D eigenvalue weighted by Crippen LogP contribution is 2.48. The molecule has 1 aliphatic heterocycles. The molecule has 2 aliphatic carbocycles. The Morgan fingerprint density at radius 3 is 2.18 bits per heavy atom. The first kappa shape index (κ1) is 37.2. The average Bonchev–Trinajstić information content (AvgIpc) is 4.06. The number of benzene rings is 2. The second-order valence-corrected chi connectivity index (χ2v) is 15.0. The van der Waals surface area contributed by atoms with Crippen LogP contribution in [0.5, 0.6) is 5.75 Å². The van der Waals surface area contributed by atoms with Crippen LogP contribution in [0.1, 0.15) is 54.4 Å². The minimum Gasteiger partial charge on any atom is -0.406 e. The van der Waals surface area contributed by atoms with Crippen LogP contribution in [-0.2, 0) is 27.1 Å². The van der Waals surface area contributed by atoms with Crippen LogP contribution in [0.25, 0.3) is 5.69 Å². The zero-order valence-corrected chi connectivity index (χ0v) is 30.7. The largest absolute Gasteiger partial charge is 0.573 e. The molecule has 288 valence electrons. The van der Waals surface area contributed by atoms with Gasteiger partial charge in [0, 0.05) is 18.7 Å². The van der Waals surface area contributed by atoms with Gasteiger partial charge in [0.05, 0.1) is 45.0 Å². The fraction of sp³-hybridized carbons (Fsp3) is 0.263. The van der Waals surface area contributed by atoms with Crippen LogP contribution < -0.4 is 25.8 Å². The molecule has 0 spiro atoms. The SMILES string of the molecule is C[C@@]1(Cc2ccc(OC(F)(F)F)cc2)C(=O)N(c2cc(Cl)c(F)c(Cl)c2)c2ncc(C(=O)NC3(C(=O)NC4(c5ccc(-n6ccccc6=O)cn5)CC4)CC3)n21. The monoisotopic (exact) mass is 809 g/mol. The second kappa shape index (κ2) is 13.2. The summed E-state index contributed by atoms with van der Waals surface area (Å²) in [5.41, 5.74) is -2.37. The first-order valence-electron chi connectivity index (χ1n) is 17.2. The predicted octanol–water partition coefficient (Wildman–Crippen LogP) is 6.48. The Morgan fingerprint density at radius 2 is 1.59 bits per heavy atom. The van der Waals surface area contributed by atoms with Crippen LogP contribution in [-0.4, -0.2) is 48.7 Å². The van der Waals surface area contributed by atoms with Gasteiger partial charge in [0.2, 0.25) is 11.9 Å². The minimum absolute atomic E-state index is 0.0445. The Hall–Kier alpha value is -5.74. The second-order valence-electron chi connectivity index (χ2n) is 14.2. The van der Waals surface area contributed by atoms with Gasteiger partial charge in [-0.15, -0.1) is 13.2 Å². The summed E-state index contributed by atoms with van der Waals surface area (Å²) in [6.45, 7) is 1.52. The van der Waals surface area contributed by atoms with Crippen molar-refractivity contribution in [3.8, 4) is 11.4 Å². The number of rotatable bonds is 10. The molecule has 12 nitrogen and oxygen atoms in total. The molecule has 2 saturated carbocycles. The summed E-state index contributed by atoms with van der Waals surface area (Å²) >= 11 is 12.2. The van der Waals surface area contributed by atoms with Crippen molar-refractivity contribution < 1.29 is 36.7 Å². The van der Waals surface area contributed by atoms with Gasteiger partial charge >= 0.3 is 6.36 Å². The highest BCUT2D eigenvalue weighted by Gasteiger charge is 2.57. The van der Waals surface area contributed by atoms with Gasteiger partial charge in [-0.05, 0) is 80.6 Å². The summed E-state index contributed by atoms with van der Waals surface area (Å²) in [5.74, 6) is -3.20. The Kier molecular flexibility index (Phi) is 8.76. The summed E-state index contributed by atoms with van der Waals surface area (Å²) in [6, 6.07) is 15.5. The number of alkyl halides is 3. The van der Waals surface area contributed by atoms with Gasteiger partial charge in [0.25, 0.3) is 17.4 Å². The molecule has 56 heavy (non-hydrogen) atoms. The van der Waals surface area contributed by atoms with Crippen molar-refractivity contribution in [2.24, 2.45) is 0 Å². The zero-order valence-electron chi connectivity index (χ0n) is 29.2. The van der Waals surface area contributed by atoms with Gasteiger partial charge in [-0.25, -0.2) is 14.3 Å². The summed E-state index contributed by atoms with van der Waals surface area (Å²) in [6.07, 6.45) is 1.22. The van der Waals surface area contributed by atoms with Gasteiger partial charge in [-0.2, -0.15) is 0 Å². The molecule has 5 aromatic rings. The molecule has 3 amide bonds. The van der Waals surface area contributed by atoms with Gasteiger partial charge < -0.3 is 15.4 Å². The third-order valence-electron chi connectivity index (χ3n) is 10.2. The van der Waals surface area contributed by atoms with Crippen LogP contribution >= 0.6 is 23.2 Å². The van der Waals surface area contributed by atoms with Crippen molar-refractivity contribution in [3.63, 3.8) is 0 Å². The predicted molar refractivity (Wildman–Crippen MR) is 195 cm³/mol. The molecule has 8 rings (SSSR count). The molecule has 1 atom stereocenters. The van der Waals surface area contributed by atoms with E-state index in [0.717, 1.165) is 17.0 Å². The number of nitrogens with one attached hydrogen (secondary N) is 2. The lowest BCUT2D eigenvalue weighted by molar-refractivity contribution is -0.274. The number of anilines is 2. The maximum atomic E-state index is 14.4. The molecule has 3 aliphatic rings. The number of ether oxygens (including phenoxy) is 1. The van der Waals surface area contributed by atoms with Crippen LogP contribution in [0.4, 0.5) is 29.2 Å². The summed E-state index contributed by atoms with van der Waals surface area (Å²) < 4.78 is 59.7. The molecule has 3 aromatic heterocycles. The molecule has 0 saturated heterocycles. The van der Waals surface area contributed by atoms with Gasteiger partial charge in [-0.3, -0.25) is 33.3 Å². The number of amides is 3. The third kappa shape index (κ3) is 6.55. The molecule has 0 bridgehead atoms. The number of hydrogen-bond acceptors (Lipinski definition) is 7. The van der Waals surface area contributed by atoms with Gasteiger partial charge in [0.1, 0.15) is 22.5 Å². The quantitative estimate of drug-likeness (QED) is 0.122. The number of carbonyl (C=O) groups excluding carboxylic acids is 3. The van der Waals surface area contributed by atoms with E-state index in [1.54, 1.807) is 36.7 Å². The van der Waals surface area contributed by atoms with E-state index in [0.29, 0.717) is 42.6 Å². The molecule has 0 unspecified atom stereocenters. The smallest absolute Gasteiger partial charge is 0.406 e. The number of aromatic nitrogens is 4. The molecule has 18 heteroatoms. The minimum atomic E-state index is -4.91. The van der Waals surface area contributed by atoms with E-state index in [-0.39, 0.29) is 39.4 Å². The maximum Gasteiger partial charge on any atom is 0.573 e. The summed E-state index contributed by atoms with van der Waals surface area (Å²) in [7, 11) is 0. The van der Waals surface area contributed by atoms with Crippen LogP contribution in [0.2, 0.25) is 10.0 Å². The summed E-state index contributed by atoms with van der Waals surface area (Å²) in [4.78, 5) is 64.8. The van der Waals surface area contributed by atoms with Gasteiger partial charge in [0.15, 0.2) is 5.82 Å². The number of nitrogens with zero attached hydrogens (tertiary/aromatic N) is 5. The van der Waals surface area contributed by atoms with Crippen molar-refractivity contribution in [2.75, 3.05) is 4.90 Å². The fourth-order valence-corrected chi connectivity index (χ4v) is 7.49. The Morgan fingerprint density at radius 1 is 0.893 bits per heavy atom. The number of imidazole rings is 1. The molecule has 4 heterocycles. The van der Waals surface area contributed by atoms with Gasteiger partial charge in [-0.1, -0.05) is 41.4 Å². The van der Waals surface area contributed by atoms with Crippen molar-refractivity contribution >= 4 is 52.6 Å². The zero-order chi connectivity index (χ0) is 39.8. The number of carbonyl (C=O) groups is 3. The van der Waals surface area contributed by atoms with E-state index in [9.17, 15) is 36.7 Å².